The second kappa shape index (κ2) is 7.31. The average Bonchev–Trinajstić information content (AvgIpc) is 2.60. The topological polar surface area (TPSA) is 58.6 Å². The third kappa shape index (κ3) is 3.65. The molecule has 3 rings (SSSR count). The van der Waals surface area contributed by atoms with E-state index in [2.05, 4.69) is 5.32 Å². The highest BCUT2D eigenvalue weighted by Crippen LogP contribution is 2.42. The van der Waals surface area contributed by atoms with Crippen molar-refractivity contribution in [1.29, 1.82) is 0 Å². The van der Waals surface area contributed by atoms with Crippen molar-refractivity contribution in [2.75, 3.05) is 26.4 Å². The Bertz CT molecular complexity index is 379. The van der Waals surface area contributed by atoms with Gasteiger partial charge in [-0.1, -0.05) is 25.7 Å². The zero-order valence-electron chi connectivity index (χ0n) is 13.7. The summed E-state index contributed by atoms with van der Waals surface area (Å²) in [6.45, 7) is 2.15. The smallest absolute Gasteiger partial charge is 0.223 e. The molecule has 4 heteroatoms. The predicted molar refractivity (Wildman–Crippen MR) is 85.4 cm³/mol. The Labute approximate surface area is 134 Å². The molecule has 1 saturated heterocycles. The van der Waals surface area contributed by atoms with E-state index in [1.807, 2.05) is 0 Å². The largest absolute Gasteiger partial charge is 0.396 e. The zero-order chi connectivity index (χ0) is 15.4. The average molecular weight is 309 g/mol. The van der Waals surface area contributed by atoms with Crippen LogP contribution in [0.3, 0.4) is 0 Å². The predicted octanol–water partition coefficient (Wildman–Crippen LogP) is 2.50. The lowest BCUT2D eigenvalue weighted by Crippen LogP contribution is -2.46. The van der Waals surface area contributed by atoms with E-state index >= 15 is 0 Å². The normalized spacial score (nSPS) is 34.7. The first-order valence-corrected chi connectivity index (χ1v) is 9.19. The van der Waals surface area contributed by atoms with Gasteiger partial charge in [0.05, 0.1) is 6.61 Å². The van der Waals surface area contributed by atoms with Gasteiger partial charge < -0.3 is 15.2 Å². The molecule has 1 aliphatic heterocycles. The molecule has 0 unspecified atom stereocenters. The Hall–Kier alpha value is -0.610. The first-order chi connectivity index (χ1) is 10.7. The van der Waals surface area contributed by atoms with Gasteiger partial charge in [0, 0.05) is 31.1 Å². The summed E-state index contributed by atoms with van der Waals surface area (Å²) in [6.07, 6.45) is 10.5. The van der Waals surface area contributed by atoms with Crippen LogP contribution in [0.2, 0.25) is 0 Å². The molecule has 0 aromatic carbocycles. The van der Waals surface area contributed by atoms with Gasteiger partial charge in [0.2, 0.25) is 5.91 Å². The Morgan fingerprint density at radius 3 is 2.55 bits per heavy atom. The number of carbonyl (C=O) groups is 1. The summed E-state index contributed by atoms with van der Waals surface area (Å²) < 4.78 is 5.39. The van der Waals surface area contributed by atoms with Crippen LogP contribution >= 0.6 is 0 Å². The fraction of sp³-hybridized carbons (Fsp3) is 0.944. The van der Waals surface area contributed by atoms with Gasteiger partial charge in [-0.3, -0.25) is 4.79 Å². The first-order valence-electron chi connectivity index (χ1n) is 9.19. The van der Waals surface area contributed by atoms with E-state index < -0.39 is 0 Å². The number of aliphatic hydroxyl groups is 1. The minimum absolute atomic E-state index is 0.145. The fourth-order valence-corrected chi connectivity index (χ4v) is 4.73. The quantitative estimate of drug-likeness (QED) is 0.839. The van der Waals surface area contributed by atoms with Crippen LogP contribution in [0.4, 0.5) is 0 Å². The van der Waals surface area contributed by atoms with Crippen LogP contribution in [0.1, 0.15) is 57.8 Å². The maximum Gasteiger partial charge on any atom is 0.223 e. The van der Waals surface area contributed by atoms with Gasteiger partial charge in [-0.25, -0.2) is 0 Å². The van der Waals surface area contributed by atoms with Gasteiger partial charge in [-0.15, -0.1) is 0 Å². The molecule has 3 aliphatic rings. The highest BCUT2D eigenvalue weighted by Gasteiger charge is 2.37. The van der Waals surface area contributed by atoms with Crippen molar-refractivity contribution in [2.45, 2.75) is 57.8 Å². The lowest BCUT2D eigenvalue weighted by molar-refractivity contribution is -0.128. The monoisotopic (exact) mass is 309 g/mol. The van der Waals surface area contributed by atoms with Gasteiger partial charge in [-0.2, -0.15) is 0 Å². The molecule has 2 N–H and O–H groups in total. The number of fused-ring (bicyclic) bond motifs is 1. The van der Waals surface area contributed by atoms with E-state index in [0.29, 0.717) is 19.8 Å². The lowest BCUT2D eigenvalue weighted by Gasteiger charge is -2.39. The van der Waals surface area contributed by atoms with Crippen molar-refractivity contribution in [3.05, 3.63) is 0 Å². The van der Waals surface area contributed by atoms with Gasteiger partial charge in [0.1, 0.15) is 0 Å². The van der Waals surface area contributed by atoms with Crippen LogP contribution in [0.5, 0.6) is 0 Å². The molecule has 0 aromatic heterocycles. The van der Waals surface area contributed by atoms with Crippen molar-refractivity contribution >= 4 is 5.91 Å². The number of amides is 1. The maximum atomic E-state index is 12.5. The Morgan fingerprint density at radius 2 is 1.82 bits per heavy atom. The standard InChI is InChI=1S/C18H31NO3/c20-13-18(7-9-22-10-8-18)12-19-17(21)16-6-5-14-3-1-2-4-15(14)11-16/h14-16,20H,1-13H2,(H,19,21)/t14-,15+,16+/m0/s1. The maximum absolute atomic E-state index is 12.5. The minimum atomic E-state index is -0.157. The molecule has 0 radical (unpaired) electrons. The van der Waals surface area contributed by atoms with E-state index in [0.717, 1.165) is 37.5 Å². The summed E-state index contributed by atoms with van der Waals surface area (Å²) >= 11 is 0. The number of carbonyl (C=O) groups excluding carboxylic acids is 1. The molecule has 0 spiro atoms. The third-order valence-electron chi connectivity index (χ3n) is 6.44. The molecule has 1 heterocycles. The SMILES string of the molecule is O=C(NCC1(CO)CCOCC1)[C@@H]1CC[C@@H]2CCCC[C@@H]2C1. The minimum Gasteiger partial charge on any atom is -0.396 e. The van der Waals surface area contributed by atoms with Crippen molar-refractivity contribution in [3.63, 3.8) is 0 Å². The summed E-state index contributed by atoms with van der Waals surface area (Å²) in [6, 6.07) is 0. The summed E-state index contributed by atoms with van der Waals surface area (Å²) in [7, 11) is 0. The summed E-state index contributed by atoms with van der Waals surface area (Å²) in [4.78, 5) is 12.5. The molecule has 3 fully saturated rings. The van der Waals surface area contributed by atoms with Gasteiger partial charge >= 0.3 is 0 Å². The summed E-state index contributed by atoms with van der Waals surface area (Å²) in [5, 5.41) is 12.9. The molecule has 4 nitrogen and oxygen atoms in total. The first kappa shape index (κ1) is 16.3. The van der Waals surface area contributed by atoms with Crippen molar-refractivity contribution < 1.29 is 14.6 Å². The molecule has 0 aromatic rings. The van der Waals surface area contributed by atoms with Crippen LogP contribution < -0.4 is 5.32 Å². The Kier molecular flexibility index (Phi) is 5.40. The molecule has 22 heavy (non-hydrogen) atoms. The highest BCUT2D eigenvalue weighted by atomic mass is 16.5. The van der Waals surface area contributed by atoms with Crippen molar-refractivity contribution in [2.24, 2.45) is 23.2 Å². The molecule has 126 valence electrons. The molecule has 3 atom stereocenters. The van der Waals surface area contributed by atoms with Crippen LogP contribution in [-0.2, 0) is 9.53 Å². The van der Waals surface area contributed by atoms with E-state index in [9.17, 15) is 9.90 Å². The molecular weight excluding hydrogens is 278 g/mol. The van der Waals surface area contributed by atoms with Crippen LogP contribution in [0, 0.1) is 23.2 Å². The van der Waals surface area contributed by atoms with E-state index in [4.69, 9.17) is 4.74 Å². The molecule has 2 aliphatic carbocycles. The number of aliphatic hydroxyl groups excluding tert-OH is 1. The van der Waals surface area contributed by atoms with Crippen LogP contribution in [0.25, 0.3) is 0 Å². The van der Waals surface area contributed by atoms with E-state index in [1.54, 1.807) is 0 Å². The number of ether oxygens (including phenoxy) is 1. The number of hydrogen-bond acceptors (Lipinski definition) is 3. The molecule has 0 bridgehead atoms. The van der Waals surface area contributed by atoms with Crippen LogP contribution in [0.15, 0.2) is 0 Å². The molecular formula is C18H31NO3. The second-order valence-electron chi connectivity index (χ2n) is 7.80. The van der Waals surface area contributed by atoms with Crippen LogP contribution in [-0.4, -0.2) is 37.4 Å². The lowest BCUT2D eigenvalue weighted by atomic mass is 9.67. The van der Waals surface area contributed by atoms with Gasteiger partial charge in [0.25, 0.3) is 0 Å². The van der Waals surface area contributed by atoms with E-state index in [1.165, 1.54) is 32.1 Å². The highest BCUT2D eigenvalue weighted by molar-refractivity contribution is 5.78. The summed E-state index contributed by atoms with van der Waals surface area (Å²) in [5.41, 5.74) is -0.157. The number of nitrogens with one attached hydrogen (secondary N) is 1. The molecule has 1 amide bonds. The van der Waals surface area contributed by atoms with E-state index in [-0.39, 0.29) is 23.8 Å². The Balaban J connectivity index is 1.49. The van der Waals surface area contributed by atoms with Gasteiger partial charge in [0.15, 0.2) is 0 Å². The Morgan fingerprint density at radius 1 is 1.09 bits per heavy atom. The third-order valence-corrected chi connectivity index (χ3v) is 6.44. The summed E-state index contributed by atoms with van der Waals surface area (Å²) in [5.74, 6) is 2.10. The fourth-order valence-electron chi connectivity index (χ4n) is 4.73. The van der Waals surface area contributed by atoms with Crippen molar-refractivity contribution in [1.82, 2.24) is 5.32 Å². The molecule has 2 saturated carbocycles. The van der Waals surface area contributed by atoms with Gasteiger partial charge in [-0.05, 0) is 43.9 Å². The second-order valence-corrected chi connectivity index (χ2v) is 7.80. The number of rotatable bonds is 4. The van der Waals surface area contributed by atoms with Crippen molar-refractivity contribution in [3.8, 4) is 0 Å². The zero-order valence-corrected chi connectivity index (χ0v) is 13.7. The number of hydrogen-bond donors (Lipinski definition) is 2.